The van der Waals surface area contributed by atoms with Crippen molar-refractivity contribution in [2.45, 2.75) is 50.5 Å². The SMILES string of the molecule is CC(=O)N1c2ccc(S(=O)(=O)N3CCCCC3)cc2CC1C(=O)Nc1cccc(C)c1. The molecule has 1 N–H and O–H groups in total. The summed E-state index contributed by atoms with van der Waals surface area (Å²) >= 11 is 0. The van der Waals surface area contributed by atoms with Crippen LogP contribution in [-0.4, -0.2) is 43.7 Å². The van der Waals surface area contributed by atoms with Gasteiger partial charge in [0.25, 0.3) is 0 Å². The number of benzene rings is 2. The zero-order valence-electron chi connectivity index (χ0n) is 17.8. The Bertz CT molecular complexity index is 1120. The molecule has 0 spiro atoms. The van der Waals surface area contributed by atoms with Gasteiger partial charge in [0.15, 0.2) is 0 Å². The van der Waals surface area contributed by atoms with Crippen molar-refractivity contribution >= 4 is 33.2 Å². The Morgan fingerprint density at radius 3 is 2.45 bits per heavy atom. The van der Waals surface area contributed by atoms with Gasteiger partial charge in [-0.25, -0.2) is 8.42 Å². The summed E-state index contributed by atoms with van der Waals surface area (Å²) in [6, 6.07) is 11.5. The van der Waals surface area contributed by atoms with Crippen LogP contribution in [0, 0.1) is 6.92 Å². The van der Waals surface area contributed by atoms with E-state index in [2.05, 4.69) is 5.32 Å². The van der Waals surface area contributed by atoms with Crippen LogP contribution in [0.1, 0.15) is 37.3 Å². The van der Waals surface area contributed by atoms with Gasteiger partial charge in [0.05, 0.1) is 4.90 Å². The Hall–Kier alpha value is -2.71. The summed E-state index contributed by atoms with van der Waals surface area (Å²) in [5.74, 6) is -0.549. The van der Waals surface area contributed by atoms with Crippen molar-refractivity contribution in [2.24, 2.45) is 0 Å². The molecule has 0 aliphatic carbocycles. The van der Waals surface area contributed by atoms with Gasteiger partial charge in [-0.1, -0.05) is 18.6 Å². The second-order valence-electron chi connectivity index (χ2n) is 8.22. The first-order chi connectivity index (χ1) is 14.8. The summed E-state index contributed by atoms with van der Waals surface area (Å²) in [5, 5.41) is 2.88. The number of hydrogen-bond donors (Lipinski definition) is 1. The van der Waals surface area contributed by atoms with Gasteiger partial charge < -0.3 is 5.32 Å². The maximum Gasteiger partial charge on any atom is 0.247 e. The number of piperidine rings is 1. The highest BCUT2D eigenvalue weighted by atomic mass is 32.2. The van der Waals surface area contributed by atoms with E-state index in [9.17, 15) is 18.0 Å². The normalized spacial score (nSPS) is 19.2. The van der Waals surface area contributed by atoms with Gasteiger partial charge in [-0.3, -0.25) is 14.5 Å². The predicted octanol–water partition coefficient (Wildman–Crippen LogP) is 3.09. The second kappa shape index (κ2) is 8.43. The first-order valence-corrected chi connectivity index (χ1v) is 12.0. The van der Waals surface area contributed by atoms with E-state index in [0.29, 0.717) is 30.0 Å². The minimum atomic E-state index is -3.58. The molecule has 0 aromatic heterocycles. The molecule has 4 rings (SSSR count). The Morgan fingerprint density at radius 1 is 1.03 bits per heavy atom. The number of fused-ring (bicyclic) bond motifs is 1. The molecular formula is C23H27N3O4S. The minimum Gasteiger partial charge on any atom is -0.324 e. The number of hydrogen-bond acceptors (Lipinski definition) is 4. The number of amides is 2. The minimum absolute atomic E-state index is 0.219. The Balaban J connectivity index is 1.61. The first kappa shape index (κ1) is 21.5. The van der Waals surface area contributed by atoms with Crippen molar-refractivity contribution in [3.8, 4) is 0 Å². The van der Waals surface area contributed by atoms with Gasteiger partial charge in [0.1, 0.15) is 6.04 Å². The molecule has 31 heavy (non-hydrogen) atoms. The van der Waals surface area contributed by atoms with Crippen molar-refractivity contribution in [3.05, 3.63) is 53.6 Å². The van der Waals surface area contributed by atoms with Crippen molar-refractivity contribution in [2.75, 3.05) is 23.3 Å². The highest BCUT2D eigenvalue weighted by Crippen LogP contribution is 2.35. The monoisotopic (exact) mass is 441 g/mol. The van der Waals surface area contributed by atoms with Crippen molar-refractivity contribution in [1.29, 1.82) is 0 Å². The lowest BCUT2D eigenvalue weighted by molar-refractivity contribution is -0.122. The summed E-state index contributed by atoms with van der Waals surface area (Å²) in [5.41, 5.74) is 2.97. The number of aryl methyl sites for hydroxylation is 1. The lowest BCUT2D eigenvalue weighted by Crippen LogP contribution is -2.44. The molecule has 2 amide bonds. The molecule has 2 aliphatic rings. The van der Waals surface area contributed by atoms with Gasteiger partial charge in [-0.15, -0.1) is 0 Å². The topological polar surface area (TPSA) is 86.8 Å². The van der Waals surface area contributed by atoms with Crippen LogP contribution in [0.2, 0.25) is 0 Å². The van der Waals surface area contributed by atoms with E-state index in [0.717, 1.165) is 24.8 Å². The zero-order valence-corrected chi connectivity index (χ0v) is 18.6. The van der Waals surface area contributed by atoms with Crippen LogP contribution < -0.4 is 10.2 Å². The second-order valence-corrected chi connectivity index (χ2v) is 10.2. The molecule has 1 fully saturated rings. The number of carbonyl (C=O) groups excluding carboxylic acids is 2. The lowest BCUT2D eigenvalue weighted by Gasteiger charge is -2.26. The fourth-order valence-electron chi connectivity index (χ4n) is 4.39. The maximum atomic E-state index is 13.1. The molecule has 0 radical (unpaired) electrons. The molecule has 1 unspecified atom stereocenters. The Labute approximate surface area is 183 Å². The summed E-state index contributed by atoms with van der Waals surface area (Å²) in [7, 11) is -3.58. The number of anilines is 2. The smallest absolute Gasteiger partial charge is 0.247 e. The van der Waals surface area contributed by atoms with Gasteiger partial charge in [-0.05, 0) is 61.2 Å². The van der Waals surface area contributed by atoms with E-state index in [1.54, 1.807) is 24.3 Å². The third-order valence-electron chi connectivity index (χ3n) is 5.92. The van der Waals surface area contributed by atoms with E-state index < -0.39 is 16.1 Å². The van der Waals surface area contributed by atoms with Crippen molar-refractivity contribution in [3.63, 3.8) is 0 Å². The van der Waals surface area contributed by atoms with Crippen molar-refractivity contribution in [1.82, 2.24) is 4.31 Å². The molecule has 2 aliphatic heterocycles. The zero-order chi connectivity index (χ0) is 22.2. The molecule has 1 saturated heterocycles. The molecule has 0 saturated carbocycles. The van der Waals surface area contributed by atoms with Crippen LogP contribution in [0.4, 0.5) is 11.4 Å². The van der Waals surface area contributed by atoms with Gasteiger partial charge >= 0.3 is 0 Å². The standard InChI is InChI=1S/C23H27N3O4S/c1-16-7-6-8-19(13-16)24-23(28)22-15-18-14-20(9-10-21(18)26(22)17(2)27)31(29,30)25-11-4-3-5-12-25/h6-10,13-14,22H,3-5,11-12,15H2,1-2H3,(H,24,28). The predicted molar refractivity (Wildman–Crippen MR) is 120 cm³/mol. The third kappa shape index (κ3) is 4.22. The fraction of sp³-hybridized carbons (Fsp3) is 0.391. The Kier molecular flexibility index (Phi) is 5.85. The van der Waals surface area contributed by atoms with E-state index in [-0.39, 0.29) is 23.1 Å². The van der Waals surface area contributed by atoms with Crippen LogP contribution >= 0.6 is 0 Å². The third-order valence-corrected chi connectivity index (χ3v) is 7.81. The summed E-state index contributed by atoms with van der Waals surface area (Å²) in [4.78, 5) is 27.1. The maximum absolute atomic E-state index is 13.1. The molecule has 8 heteroatoms. The molecule has 7 nitrogen and oxygen atoms in total. The Morgan fingerprint density at radius 2 is 1.77 bits per heavy atom. The molecule has 2 heterocycles. The lowest BCUT2D eigenvalue weighted by atomic mass is 10.1. The van der Waals surface area contributed by atoms with Crippen molar-refractivity contribution < 1.29 is 18.0 Å². The molecule has 2 aromatic carbocycles. The largest absolute Gasteiger partial charge is 0.324 e. The van der Waals surface area contributed by atoms with Crippen LogP contribution in [0.25, 0.3) is 0 Å². The molecule has 1 atom stereocenters. The quantitative estimate of drug-likeness (QED) is 0.790. The first-order valence-electron chi connectivity index (χ1n) is 10.6. The number of nitrogens with one attached hydrogen (secondary N) is 1. The summed E-state index contributed by atoms with van der Waals surface area (Å²) in [6.07, 6.45) is 3.05. The number of carbonyl (C=O) groups is 2. The van der Waals surface area contributed by atoms with Crippen LogP contribution in [-0.2, 0) is 26.0 Å². The number of sulfonamides is 1. The molecule has 0 bridgehead atoms. The van der Waals surface area contributed by atoms with Crippen LogP contribution in [0.3, 0.4) is 0 Å². The van der Waals surface area contributed by atoms with E-state index in [4.69, 9.17) is 0 Å². The van der Waals surface area contributed by atoms with Crippen LogP contribution in [0.5, 0.6) is 0 Å². The van der Waals surface area contributed by atoms with E-state index >= 15 is 0 Å². The molecule has 2 aromatic rings. The van der Waals surface area contributed by atoms with Crippen LogP contribution in [0.15, 0.2) is 47.4 Å². The summed E-state index contributed by atoms with van der Waals surface area (Å²) in [6.45, 7) is 4.41. The molecule has 164 valence electrons. The fourth-order valence-corrected chi connectivity index (χ4v) is 5.96. The highest BCUT2D eigenvalue weighted by Gasteiger charge is 2.38. The van der Waals surface area contributed by atoms with Gasteiger partial charge in [0, 0.05) is 37.8 Å². The molecular weight excluding hydrogens is 414 g/mol. The highest BCUT2D eigenvalue weighted by molar-refractivity contribution is 7.89. The summed E-state index contributed by atoms with van der Waals surface area (Å²) < 4.78 is 27.6. The average Bonchev–Trinajstić information content (AvgIpc) is 3.13. The van der Waals surface area contributed by atoms with E-state index in [1.807, 2.05) is 25.1 Å². The van der Waals surface area contributed by atoms with Gasteiger partial charge in [0.2, 0.25) is 21.8 Å². The van der Waals surface area contributed by atoms with E-state index in [1.165, 1.54) is 16.1 Å². The number of nitrogens with zero attached hydrogens (tertiary/aromatic N) is 2. The number of rotatable bonds is 4. The average molecular weight is 442 g/mol. The van der Waals surface area contributed by atoms with Gasteiger partial charge in [-0.2, -0.15) is 4.31 Å².